The van der Waals surface area contributed by atoms with E-state index in [1.807, 2.05) is 10.9 Å². The first-order valence-corrected chi connectivity index (χ1v) is 12.0. The van der Waals surface area contributed by atoms with Gasteiger partial charge in [0.05, 0.1) is 23.9 Å². The lowest BCUT2D eigenvalue weighted by atomic mass is 9.44. The van der Waals surface area contributed by atoms with Crippen molar-refractivity contribution >= 4 is 17.5 Å². The van der Waals surface area contributed by atoms with Crippen molar-refractivity contribution in [1.82, 2.24) is 20.3 Å². The van der Waals surface area contributed by atoms with Crippen LogP contribution >= 0.6 is 11.6 Å². The van der Waals surface area contributed by atoms with E-state index in [0.717, 1.165) is 25.0 Å². The molecule has 188 valence electrons. The quantitative estimate of drug-likeness (QED) is 0.614. The largest absolute Gasteiger partial charge is 0.522 e. The van der Waals surface area contributed by atoms with Crippen LogP contribution in [0.5, 0.6) is 5.75 Å². The lowest BCUT2D eigenvalue weighted by molar-refractivity contribution is -0.330. The highest BCUT2D eigenvalue weighted by Gasteiger charge is 2.70. The molecule has 8 nitrogen and oxygen atoms in total. The minimum absolute atomic E-state index is 0.0965. The number of carbonyl (C=O) groups excluding carboxylic acids is 1. The Bertz CT molecular complexity index is 1150. The minimum atomic E-state index is -4.59. The van der Waals surface area contributed by atoms with Crippen LogP contribution in [-0.2, 0) is 15.1 Å². The minimum Gasteiger partial charge on any atom is -0.480 e. The van der Waals surface area contributed by atoms with Crippen LogP contribution in [0, 0.1) is 5.92 Å². The van der Waals surface area contributed by atoms with E-state index >= 15 is 0 Å². The van der Waals surface area contributed by atoms with Crippen LogP contribution < -0.4 is 10.1 Å². The summed E-state index contributed by atoms with van der Waals surface area (Å²) >= 11 is 5.99. The van der Waals surface area contributed by atoms with Gasteiger partial charge in [0, 0.05) is 34.7 Å². The number of carbonyl (C=O) groups is 1. The predicted molar refractivity (Wildman–Crippen MR) is 116 cm³/mol. The van der Waals surface area contributed by atoms with Crippen molar-refractivity contribution in [2.75, 3.05) is 6.61 Å². The number of rotatable bonds is 6. The van der Waals surface area contributed by atoms with E-state index in [4.69, 9.17) is 16.3 Å². The molecule has 0 spiro atoms. The van der Waals surface area contributed by atoms with Crippen molar-refractivity contribution in [2.24, 2.45) is 5.92 Å². The normalized spacial score (nSPS) is 35.1. The standard InChI is InChI=1S/C23H24ClF3N4O4/c24-14-1-2-18-15(5-14)17(32)6-19(35-18)20(33)28-21-9-22(10-21,11-21)31-7-16(29-30-31)13-3-12(4-13)8-34-23(25,26)27/h1-2,5,7,12-13,17,19,32H,3-4,6,8-11H2,(H,28,33)/t12?,13?,17-,19-,21?,22?/m1/s1. The molecule has 4 saturated carbocycles. The third kappa shape index (κ3) is 4.07. The van der Waals surface area contributed by atoms with Crippen LogP contribution in [-0.4, -0.2) is 50.6 Å². The van der Waals surface area contributed by atoms with Gasteiger partial charge in [0.25, 0.3) is 5.91 Å². The summed E-state index contributed by atoms with van der Waals surface area (Å²) in [5, 5.41) is 22.6. The second kappa shape index (κ2) is 7.81. The zero-order valence-electron chi connectivity index (χ0n) is 18.6. The van der Waals surface area contributed by atoms with E-state index < -0.39 is 18.6 Å². The molecular weight excluding hydrogens is 489 g/mol. The van der Waals surface area contributed by atoms with Crippen molar-refractivity contribution < 1.29 is 32.5 Å². The lowest BCUT2D eigenvalue weighted by Crippen LogP contribution is -2.79. The van der Waals surface area contributed by atoms with Crippen molar-refractivity contribution in [1.29, 1.82) is 0 Å². The van der Waals surface area contributed by atoms with Crippen molar-refractivity contribution in [2.45, 2.75) is 74.1 Å². The van der Waals surface area contributed by atoms with Gasteiger partial charge >= 0.3 is 6.36 Å². The molecule has 1 aliphatic heterocycles. The van der Waals surface area contributed by atoms with E-state index in [-0.39, 0.29) is 41.8 Å². The molecule has 12 heteroatoms. The Morgan fingerprint density at radius 2 is 2.03 bits per heavy atom. The monoisotopic (exact) mass is 512 g/mol. The number of nitrogens with zero attached hydrogens (tertiary/aromatic N) is 3. The molecule has 2 heterocycles. The van der Waals surface area contributed by atoms with Crippen molar-refractivity contribution in [3.05, 3.63) is 40.7 Å². The molecule has 2 bridgehead atoms. The molecule has 0 unspecified atom stereocenters. The molecule has 2 aromatic rings. The van der Waals surface area contributed by atoms with E-state index in [1.165, 1.54) is 0 Å². The van der Waals surface area contributed by atoms with Gasteiger partial charge in [0.1, 0.15) is 5.75 Å². The summed E-state index contributed by atoms with van der Waals surface area (Å²) in [5.74, 6) is 0.184. The molecule has 1 amide bonds. The molecule has 35 heavy (non-hydrogen) atoms. The second-order valence-electron chi connectivity index (χ2n) is 10.4. The van der Waals surface area contributed by atoms with Gasteiger partial charge in [-0.25, -0.2) is 4.68 Å². The smallest absolute Gasteiger partial charge is 0.480 e. The summed E-state index contributed by atoms with van der Waals surface area (Å²) in [4.78, 5) is 12.9. The number of aliphatic hydroxyl groups excluding tert-OH is 1. The van der Waals surface area contributed by atoms with Gasteiger partial charge in [-0.2, -0.15) is 0 Å². The molecule has 2 N–H and O–H groups in total. The van der Waals surface area contributed by atoms with Gasteiger partial charge in [0.2, 0.25) is 0 Å². The van der Waals surface area contributed by atoms with Crippen LogP contribution in [0.1, 0.15) is 61.8 Å². The highest BCUT2D eigenvalue weighted by Crippen LogP contribution is 2.65. The van der Waals surface area contributed by atoms with E-state index in [2.05, 4.69) is 20.4 Å². The fraction of sp³-hybridized carbons (Fsp3) is 0.609. The summed E-state index contributed by atoms with van der Waals surface area (Å²) < 4.78 is 48.2. The van der Waals surface area contributed by atoms with E-state index in [9.17, 15) is 23.1 Å². The van der Waals surface area contributed by atoms with Gasteiger partial charge in [-0.3, -0.25) is 9.53 Å². The fourth-order valence-electron chi connectivity index (χ4n) is 6.05. The number of nitrogens with one attached hydrogen (secondary N) is 1. The first-order valence-electron chi connectivity index (χ1n) is 11.6. The van der Waals surface area contributed by atoms with Gasteiger partial charge in [0.15, 0.2) is 6.10 Å². The maximum atomic E-state index is 12.9. The zero-order chi connectivity index (χ0) is 24.6. The molecule has 2 atom stereocenters. The molecule has 4 aliphatic carbocycles. The summed E-state index contributed by atoms with van der Waals surface area (Å²) in [6, 6.07) is 4.96. The second-order valence-corrected chi connectivity index (χ2v) is 10.9. The van der Waals surface area contributed by atoms with Crippen molar-refractivity contribution in [3.63, 3.8) is 0 Å². The Morgan fingerprint density at radius 1 is 1.29 bits per heavy atom. The molecule has 0 radical (unpaired) electrons. The van der Waals surface area contributed by atoms with Gasteiger partial charge in [-0.15, -0.1) is 18.3 Å². The number of aromatic nitrogens is 3. The SMILES string of the molecule is O=C(NC12CC(n3cc(C4CC(COC(F)(F)F)C4)nn3)(C1)C2)[C@H]1C[C@@H](O)c2cc(Cl)ccc2O1. The predicted octanol–water partition coefficient (Wildman–Crippen LogP) is 3.59. The maximum Gasteiger partial charge on any atom is 0.522 e. The topological polar surface area (TPSA) is 98.5 Å². The van der Waals surface area contributed by atoms with Crippen LogP contribution in [0.3, 0.4) is 0 Å². The highest BCUT2D eigenvalue weighted by atomic mass is 35.5. The Morgan fingerprint density at radius 3 is 2.74 bits per heavy atom. The Kier molecular flexibility index (Phi) is 5.15. The number of hydrogen-bond donors (Lipinski definition) is 2. The first-order chi connectivity index (χ1) is 16.5. The highest BCUT2D eigenvalue weighted by molar-refractivity contribution is 6.30. The van der Waals surface area contributed by atoms with Gasteiger partial charge in [-0.05, 0) is 56.2 Å². The Hall–Kier alpha value is -2.37. The number of fused-ring (bicyclic) bond motifs is 1. The number of benzene rings is 1. The average molecular weight is 513 g/mol. The Balaban J connectivity index is 1.01. The zero-order valence-corrected chi connectivity index (χ0v) is 19.3. The fourth-order valence-corrected chi connectivity index (χ4v) is 6.23. The van der Waals surface area contributed by atoms with Crippen LogP contribution in [0.25, 0.3) is 0 Å². The number of amides is 1. The number of halogens is 4. The maximum absolute atomic E-state index is 12.9. The molecule has 1 aromatic carbocycles. The first kappa shape index (κ1) is 23.1. The summed E-state index contributed by atoms with van der Waals surface area (Å²) in [7, 11) is 0. The summed E-state index contributed by atoms with van der Waals surface area (Å²) in [6.07, 6.45) is -0.780. The lowest BCUT2D eigenvalue weighted by Gasteiger charge is -2.69. The van der Waals surface area contributed by atoms with E-state index in [1.54, 1.807) is 18.2 Å². The number of alkyl halides is 3. The van der Waals surface area contributed by atoms with Crippen LogP contribution in [0.15, 0.2) is 24.4 Å². The number of aliphatic hydroxyl groups is 1. The molecular formula is C23H24ClF3N4O4. The third-order valence-electron chi connectivity index (χ3n) is 7.85. The van der Waals surface area contributed by atoms with Crippen LogP contribution in [0.2, 0.25) is 5.02 Å². The van der Waals surface area contributed by atoms with Crippen molar-refractivity contribution in [3.8, 4) is 5.75 Å². The number of ether oxygens (including phenoxy) is 2. The average Bonchev–Trinajstić information content (AvgIpc) is 3.17. The summed E-state index contributed by atoms with van der Waals surface area (Å²) in [5.41, 5.74) is 0.879. The third-order valence-corrected chi connectivity index (χ3v) is 8.09. The van der Waals surface area contributed by atoms with Crippen LogP contribution in [0.4, 0.5) is 13.2 Å². The Labute approximate surface area is 203 Å². The number of hydrogen-bond acceptors (Lipinski definition) is 6. The molecule has 4 fully saturated rings. The summed E-state index contributed by atoms with van der Waals surface area (Å²) in [6.45, 7) is -0.318. The molecule has 5 aliphatic rings. The van der Waals surface area contributed by atoms with E-state index in [0.29, 0.717) is 29.2 Å². The van der Waals surface area contributed by atoms with Gasteiger partial charge < -0.3 is 15.2 Å². The van der Waals surface area contributed by atoms with Gasteiger partial charge in [-0.1, -0.05) is 16.8 Å². The molecule has 7 rings (SSSR count). The molecule has 0 saturated heterocycles. The molecule has 1 aromatic heterocycles.